The molecule has 4 nitrogen and oxygen atoms in total. The molecule has 0 saturated carbocycles. The van der Waals surface area contributed by atoms with E-state index in [9.17, 15) is 0 Å². The lowest BCUT2D eigenvalue weighted by Gasteiger charge is -2.11. The molecule has 80 valence electrons. The molecule has 0 aliphatic carbocycles. The van der Waals surface area contributed by atoms with Crippen LogP contribution in [0.15, 0.2) is 4.34 Å². The minimum atomic E-state index is -0.0152. The summed E-state index contributed by atoms with van der Waals surface area (Å²) < 4.78 is 5.02. The lowest BCUT2D eigenvalue weighted by molar-refractivity contribution is -0.110. The second kappa shape index (κ2) is 4.95. The predicted molar refractivity (Wildman–Crippen MR) is 55.6 cm³/mol. The summed E-state index contributed by atoms with van der Waals surface area (Å²) in [7, 11) is 0. The van der Waals surface area contributed by atoms with Crippen molar-refractivity contribution in [1.82, 2.24) is 9.36 Å². The van der Waals surface area contributed by atoms with Gasteiger partial charge in [0, 0.05) is 17.2 Å². The summed E-state index contributed by atoms with van der Waals surface area (Å²) in [5.74, 6) is 0.834. The molecule has 0 spiro atoms. The van der Waals surface area contributed by atoms with Crippen LogP contribution in [0.2, 0.25) is 0 Å². The number of nitrogens with zero attached hydrogens (tertiary/aromatic N) is 2. The molecule has 0 atom stereocenters. The zero-order chi connectivity index (χ0) is 10.1. The fraction of sp³-hybridized carbons (Fsp3) is 0.571. The van der Waals surface area contributed by atoms with Crippen molar-refractivity contribution in [2.45, 2.75) is 30.5 Å². The second-order valence-corrected chi connectivity index (χ2v) is 5.71. The maximum atomic E-state index is 5.34. The fourth-order valence-corrected chi connectivity index (χ4v) is 2.15. The zero-order valence-electron chi connectivity index (χ0n) is 8.24. The van der Waals surface area contributed by atoms with Gasteiger partial charge in [0.05, 0.1) is 0 Å². The first-order valence-electron chi connectivity index (χ1n) is 3.79. The van der Waals surface area contributed by atoms with Crippen molar-refractivity contribution in [1.29, 1.82) is 0 Å². The van der Waals surface area contributed by atoms with Gasteiger partial charge in [0.25, 0.3) is 0 Å². The van der Waals surface area contributed by atoms with Crippen LogP contribution in [-0.2, 0) is 5.41 Å². The molecule has 0 saturated heterocycles. The molecule has 1 heterocycles. The van der Waals surface area contributed by atoms with Gasteiger partial charge in [-0.2, -0.15) is 4.37 Å². The van der Waals surface area contributed by atoms with Gasteiger partial charge in [-0.25, -0.2) is 4.98 Å². The van der Waals surface area contributed by atoms with Crippen LogP contribution in [0.25, 0.3) is 0 Å². The first-order valence-corrected chi connectivity index (χ1v) is 5.38. The molecule has 1 aromatic rings. The highest BCUT2D eigenvalue weighted by molar-refractivity contribution is 8.14. The van der Waals surface area contributed by atoms with Gasteiger partial charge < -0.3 is 12.4 Å². The van der Waals surface area contributed by atoms with Gasteiger partial charge in [-0.3, -0.25) is 11.1 Å². The van der Waals surface area contributed by atoms with E-state index in [0.717, 1.165) is 10.2 Å². The average molecular weight is 253 g/mol. The Labute approximate surface area is 97.8 Å². The van der Waals surface area contributed by atoms with Crippen LogP contribution in [0, 0.1) is 0 Å². The Kier molecular flexibility index (Phi) is 4.83. The highest BCUT2D eigenvalue weighted by Crippen LogP contribution is 2.25. The van der Waals surface area contributed by atoms with Crippen LogP contribution in [0.4, 0.5) is 0 Å². The Hall–Kier alpha value is -0.330. The lowest BCUT2D eigenvalue weighted by atomic mass is 9.96. The third-order valence-electron chi connectivity index (χ3n) is 1.28. The Balaban J connectivity index is 0.00000169. The molecule has 0 aromatic carbocycles. The molecule has 14 heavy (non-hydrogen) atoms. The first-order chi connectivity index (χ1) is 5.89. The molecule has 1 rings (SSSR count). The molecule has 0 aliphatic heterocycles. The first kappa shape index (κ1) is 13.7. The Morgan fingerprint density at radius 1 is 1.50 bits per heavy atom. The average Bonchev–Trinajstić information content (AvgIpc) is 2.32. The number of nitrogens with two attached hydrogens (primary N) is 2. The summed E-state index contributed by atoms with van der Waals surface area (Å²) in [6.07, 6.45) is 0. The monoisotopic (exact) mass is 252 g/mol. The zero-order valence-corrected chi connectivity index (χ0v) is 10.6. The molecule has 4 N–H and O–H groups in total. The van der Waals surface area contributed by atoms with Crippen LogP contribution in [-0.4, -0.2) is 14.5 Å². The third kappa shape index (κ3) is 3.81. The number of thioether (sulfide) groups is 1. The number of hydrogen-bond acceptors (Lipinski definition) is 4. The minimum absolute atomic E-state index is 0. The van der Waals surface area contributed by atoms with E-state index in [2.05, 4.69) is 30.1 Å². The number of amidine groups is 1. The molecular weight excluding hydrogens is 240 g/mol. The Bertz CT molecular complexity index is 318. The molecule has 0 aliphatic rings. The summed E-state index contributed by atoms with van der Waals surface area (Å²) in [5, 5.41) is 5.64. The maximum Gasteiger partial charge on any atom is 0.307 e. The number of hydrogen-bond donors (Lipinski definition) is 2. The van der Waals surface area contributed by atoms with E-state index in [1.165, 1.54) is 23.3 Å². The van der Waals surface area contributed by atoms with Crippen molar-refractivity contribution in [3.05, 3.63) is 5.82 Å². The SMILES string of the molecule is CC(C)(C)c1nsc(SC(N)=[NH2+])n1.[Cl-]. The van der Waals surface area contributed by atoms with Crippen LogP contribution >= 0.6 is 23.3 Å². The molecule has 0 unspecified atom stereocenters. The van der Waals surface area contributed by atoms with Crippen LogP contribution in [0.5, 0.6) is 0 Å². The molecule has 1 aromatic heterocycles. The van der Waals surface area contributed by atoms with Crippen LogP contribution < -0.4 is 23.5 Å². The van der Waals surface area contributed by atoms with E-state index in [4.69, 9.17) is 11.1 Å². The van der Waals surface area contributed by atoms with Crippen molar-refractivity contribution in [2.75, 3.05) is 0 Å². The highest BCUT2D eigenvalue weighted by atomic mass is 35.5. The van der Waals surface area contributed by atoms with Gasteiger partial charge in [-0.1, -0.05) is 20.8 Å². The van der Waals surface area contributed by atoms with Gasteiger partial charge in [-0.05, 0) is 11.5 Å². The summed E-state index contributed by atoms with van der Waals surface area (Å²) in [4.78, 5) is 4.31. The maximum absolute atomic E-state index is 5.34. The van der Waals surface area contributed by atoms with Gasteiger partial charge in [-0.15, -0.1) is 0 Å². The molecular formula is C7H13ClN4S2. The topological polar surface area (TPSA) is 77.4 Å². The summed E-state index contributed by atoms with van der Waals surface area (Å²) in [6.45, 7) is 6.21. The van der Waals surface area contributed by atoms with E-state index in [1.54, 1.807) is 0 Å². The van der Waals surface area contributed by atoms with Crippen molar-refractivity contribution in [3.8, 4) is 0 Å². The minimum Gasteiger partial charge on any atom is -1.00 e. The van der Waals surface area contributed by atoms with Gasteiger partial charge in [0.15, 0.2) is 4.34 Å². The van der Waals surface area contributed by atoms with Crippen molar-refractivity contribution >= 4 is 28.5 Å². The Morgan fingerprint density at radius 3 is 2.43 bits per heavy atom. The van der Waals surface area contributed by atoms with Gasteiger partial charge in [0.1, 0.15) is 5.82 Å². The largest absolute Gasteiger partial charge is 1.00 e. The number of rotatable bonds is 1. The second-order valence-electron chi connectivity index (χ2n) is 3.64. The third-order valence-corrected chi connectivity index (χ3v) is 2.77. The van der Waals surface area contributed by atoms with Gasteiger partial charge >= 0.3 is 5.17 Å². The predicted octanol–water partition coefficient (Wildman–Crippen LogP) is -2.99. The van der Waals surface area contributed by atoms with E-state index in [0.29, 0.717) is 5.17 Å². The molecule has 0 fully saturated rings. The van der Waals surface area contributed by atoms with E-state index >= 15 is 0 Å². The van der Waals surface area contributed by atoms with Crippen molar-refractivity contribution in [2.24, 2.45) is 5.73 Å². The normalized spacial score (nSPS) is 10.8. The summed E-state index contributed by atoms with van der Waals surface area (Å²) in [5.41, 5.74) is 5.32. The molecule has 0 radical (unpaired) electrons. The van der Waals surface area contributed by atoms with Crippen LogP contribution in [0.3, 0.4) is 0 Å². The fourth-order valence-electron chi connectivity index (χ4n) is 0.656. The molecule has 0 amide bonds. The smallest absolute Gasteiger partial charge is 0.307 e. The van der Waals surface area contributed by atoms with Crippen molar-refractivity contribution < 1.29 is 17.8 Å². The number of halogens is 1. The van der Waals surface area contributed by atoms with E-state index < -0.39 is 0 Å². The van der Waals surface area contributed by atoms with E-state index in [1.807, 2.05) is 0 Å². The summed E-state index contributed by atoms with van der Waals surface area (Å²) >= 11 is 2.58. The molecule has 7 heteroatoms. The van der Waals surface area contributed by atoms with Crippen LogP contribution in [0.1, 0.15) is 26.6 Å². The van der Waals surface area contributed by atoms with Crippen molar-refractivity contribution in [3.63, 3.8) is 0 Å². The van der Waals surface area contributed by atoms with Gasteiger partial charge in [0.2, 0.25) is 0 Å². The standard InChI is InChI=1S/C7H12N4S2.ClH/c1-7(2,3)4-10-6(13-11-4)12-5(8)9;/h1-3H3,(H3,8,9);1H. The Morgan fingerprint density at radius 2 is 2.07 bits per heavy atom. The van der Waals surface area contributed by atoms with E-state index in [-0.39, 0.29) is 17.8 Å². The molecule has 0 bridgehead atoms. The highest BCUT2D eigenvalue weighted by Gasteiger charge is 2.20. The quantitative estimate of drug-likeness (QED) is 0.318. The number of aromatic nitrogens is 2. The lowest BCUT2D eigenvalue weighted by Crippen LogP contribution is -3.00. The summed E-state index contributed by atoms with van der Waals surface area (Å²) in [6, 6.07) is 0.